The van der Waals surface area contributed by atoms with Gasteiger partial charge >= 0.3 is 0 Å². The van der Waals surface area contributed by atoms with Gasteiger partial charge < -0.3 is 9.64 Å². The van der Waals surface area contributed by atoms with E-state index < -0.39 is 0 Å². The largest absolute Gasteiger partial charge is 0.376 e. The average Bonchev–Trinajstić information content (AvgIpc) is 2.73. The molecule has 1 aromatic heterocycles. The van der Waals surface area contributed by atoms with Crippen LogP contribution in [0.25, 0.3) is 0 Å². The summed E-state index contributed by atoms with van der Waals surface area (Å²) in [6.45, 7) is 4.93. The van der Waals surface area contributed by atoms with Crippen LogP contribution in [0, 0.1) is 0 Å². The van der Waals surface area contributed by atoms with E-state index in [-0.39, 0.29) is 6.10 Å². The molecular formula is C12H18ClN3O. The second-order valence-corrected chi connectivity index (χ2v) is 4.75. The quantitative estimate of drug-likeness (QED) is 0.777. The topological polar surface area (TPSA) is 38.2 Å². The molecule has 17 heavy (non-hydrogen) atoms. The van der Waals surface area contributed by atoms with Gasteiger partial charge in [0.25, 0.3) is 0 Å². The monoisotopic (exact) mass is 255 g/mol. The van der Waals surface area contributed by atoms with E-state index in [1.54, 1.807) is 0 Å². The van der Waals surface area contributed by atoms with Crippen LogP contribution in [0.4, 0.5) is 5.82 Å². The molecule has 1 fully saturated rings. The van der Waals surface area contributed by atoms with Crippen molar-refractivity contribution in [2.75, 3.05) is 18.6 Å². The Morgan fingerprint density at radius 3 is 2.88 bits per heavy atom. The molecule has 0 N–H and O–H groups in total. The first-order valence-corrected chi connectivity index (χ1v) is 6.37. The normalized spacial score (nSPS) is 24.0. The van der Waals surface area contributed by atoms with E-state index >= 15 is 0 Å². The molecule has 4 nitrogen and oxygen atoms in total. The maximum absolute atomic E-state index is 6.01. The van der Waals surface area contributed by atoms with Crippen LogP contribution in [0.3, 0.4) is 0 Å². The van der Waals surface area contributed by atoms with Gasteiger partial charge in [0.1, 0.15) is 16.8 Å². The summed E-state index contributed by atoms with van der Waals surface area (Å²) in [6, 6.07) is 2.18. The summed E-state index contributed by atoms with van der Waals surface area (Å²) >= 11 is 6.01. The Morgan fingerprint density at radius 1 is 1.53 bits per heavy atom. The highest BCUT2D eigenvalue weighted by Gasteiger charge is 2.28. The number of hydrogen-bond donors (Lipinski definition) is 0. The number of rotatable bonds is 3. The van der Waals surface area contributed by atoms with E-state index in [9.17, 15) is 0 Å². The van der Waals surface area contributed by atoms with Crippen molar-refractivity contribution in [3.05, 3.63) is 17.0 Å². The van der Waals surface area contributed by atoms with E-state index in [2.05, 4.69) is 21.8 Å². The lowest BCUT2D eigenvalue weighted by molar-refractivity contribution is 0.118. The van der Waals surface area contributed by atoms with Crippen LogP contribution < -0.4 is 4.90 Å². The molecule has 5 heteroatoms. The highest BCUT2D eigenvalue weighted by Crippen LogP contribution is 2.24. The van der Waals surface area contributed by atoms with E-state index in [0.717, 1.165) is 31.1 Å². The summed E-state index contributed by atoms with van der Waals surface area (Å²) < 4.78 is 5.58. The van der Waals surface area contributed by atoms with Crippen LogP contribution in [-0.2, 0) is 11.2 Å². The first-order chi connectivity index (χ1) is 8.11. The predicted octanol–water partition coefficient (Wildman–Crippen LogP) is 2.31. The van der Waals surface area contributed by atoms with Crippen molar-refractivity contribution < 1.29 is 4.74 Å². The first kappa shape index (κ1) is 12.6. The summed E-state index contributed by atoms with van der Waals surface area (Å²) in [5, 5.41) is 0.505. The molecule has 1 aromatic rings. The van der Waals surface area contributed by atoms with E-state index in [1.165, 1.54) is 0 Å². The SMILES string of the molecule is CCc1nc(Cl)cc(N(C)C2CCOC2C)n1. The Morgan fingerprint density at radius 2 is 2.29 bits per heavy atom. The molecular weight excluding hydrogens is 238 g/mol. The molecule has 0 amide bonds. The zero-order valence-corrected chi connectivity index (χ0v) is 11.2. The third-order valence-electron chi connectivity index (χ3n) is 3.24. The first-order valence-electron chi connectivity index (χ1n) is 5.99. The van der Waals surface area contributed by atoms with Crippen molar-refractivity contribution in [1.29, 1.82) is 0 Å². The molecule has 0 saturated carbocycles. The van der Waals surface area contributed by atoms with Gasteiger partial charge in [-0.1, -0.05) is 18.5 Å². The fraction of sp³-hybridized carbons (Fsp3) is 0.667. The van der Waals surface area contributed by atoms with Crippen LogP contribution in [0.1, 0.15) is 26.1 Å². The summed E-state index contributed by atoms with van der Waals surface area (Å²) in [4.78, 5) is 10.8. The van der Waals surface area contributed by atoms with Crippen LogP contribution in [-0.4, -0.2) is 35.8 Å². The van der Waals surface area contributed by atoms with Gasteiger partial charge in [-0.3, -0.25) is 0 Å². The minimum Gasteiger partial charge on any atom is -0.376 e. The van der Waals surface area contributed by atoms with Crippen molar-refractivity contribution in [3.63, 3.8) is 0 Å². The van der Waals surface area contributed by atoms with Crippen LogP contribution in [0.2, 0.25) is 5.15 Å². The zero-order valence-electron chi connectivity index (χ0n) is 10.5. The van der Waals surface area contributed by atoms with E-state index in [4.69, 9.17) is 16.3 Å². The molecule has 2 heterocycles. The maximum Gasteiger partial charge on any atom is 0.134 e. The third kappa shape index (κ3) is 2.69. The number of anilines is 1. The molecule has 94 valence electrons. The fourth-order valence-electron chi connectivity index (χ4n) is 2.19. The van der Waals surface area contributed by atoms with Gasteiger partial charge in [-0.2, -0.15) is 0 Å². The van der Waals surface area contributed by atoms with Crippen molar-refractivity contribution in [3.8, 4) is 0 Å². The Bertz CT molecular complexity index is 399. The zero-order chi connectivity index (χ0) is 12.4. The molecule has 0 aliphatic carbocycles. The third-order valence-corrected chi connectivity index (χ3v) is 3.43. The summed E-state index contributed by atoms with van der Waals surface area (Å²) in [7, 11) is 2.04. The molecule has 2 rings (SSSR count). The van der Waals surface area contributed by atoms with Crippen LogP contribution >= 0.6 is 11.6 Å². The minimum absolute atomic E-state index is 0.235. The van der Waals surface area contributed by atoms with E-state index in [0.29, 0.717) is 11.2 Å². The molecule has 0 radical (unpaired) electrons. The van der Waals surface area contributed by atoms with Crippen molar-refractivity contribution in [2.45, 2.75) is 38.8 Å². The van der Waals surface area contributed by atoms with Gasteiger partial charge in [0, 0.05) is 26.1 Å². The lowest BCUT2D eigenvalue weighted by Crippen LogP contribution is -2.37. The fourth-order valence-corrected chi connectivity index (χ4v) is 2.38. The predicted molar refractivity (Wildman–Crippen MR) is 68.6 cm³/mol. The molecule has 2 unspecified atom stereocenters. The van der Waals surface area contributed by atoms with Gasteiger partial charge in [-0.25, -0.2) is 9.97 Å². The number of aromatic nitrogens is 2. The Labute approximate surface area is 107 Å². The van der Waals surface area contributed by atoms with Gasteiger partial charge in [0.15, 0.2) is 0 Å². The van der Waals surface area contributed by atoms with Gasteiger partial charge in [0.05, 0.1) is 12.1 Å². The highest BCUT2D eigenvalue weighted by molar-refractivity contribution is 6.29. The number of ether oxygens (including phenoxy) is 1. The molecule has 0 spiro atoms. The second-order valence-electron chi connectivity index (χ2n) is 4.36. The van der Waals surface area contributed by atoms with Gasteiger partial charge in [-0.05, 0) is 13.3 Å². The molecule has 1 aliphatic heterocycles. The van der Waals surface area contributed by atoms with E-state index in [1.807, 2.05) is 20.0 Å². The van der Waals surface area contributed by atoms with Crippen molar-refractivity contribution >= 4 is 17.4 Å². The lowest BCUT2D eigenvalue weighted by atomic mass is 10.1. The average molecular weight is 256 g/mol. The van der Waals surface area contributed by atoms with Crippen molar-refractivity contribution in [2.24, 2.45) is 0 Å². The van der Waals surface area contributed by atoms with Crippen molar-refractivity contribution in [1.82, 2.24) is 9.97 Å². The number of nitrogens with zero attached hydrogens (tertiary/aromatic N) is 3. The Hall–Kier alpha value is -0.870. The van der Waals surface area contributed by atoms with Crippen LogP contribution in [0.15, 0.2) is 6.07 Å². The number of hydrogen-bond acceptors (Lipinski definition) is 4. The Balaban J connectivity index is 2.23. The highest BCUT2D eigenvalue weighted by atomic mass is 35.5. The summed E-state index contributed by atoms with van der Waals surface area (Å²) in [5.41, 5.74) is 0. The lowest BCUT2D eigenvalue weighted by Gasteiger charge is -2.27. The smallest absolute Gasteiger partial charge is 0.134 e. The van der Waals surface area contributed by atoms with Crippen LogP contribution in [0.5, 0.6) is 0 Å². The summed E-state index contributed by atoms with van der Waals surface area (Å²) in [6.07, 6.45) is 2.05. The Kier molecular flexibility index (Phi) is 3.84. The molecule has 0 aromatic carbocycles. The number of likely N-dealkylation sites (N-methyl/N-ethyl adjacent to an activating group) is 1. The maximum atomic E-state index is 6.01. The number of aryl methyl sites for hydroxylation is 1. The molecule has 0 bridgehead atoms. The molecule has 1 aliphatic rings. The number of halogens is 1. The molecule has 2 atom stereocenters. The summed E-state index contributed by atoms with van der Waals surface area (Å²) in [5.74, 6) is 1.66. The van der Waals surface area contributed by atoms with Gasteiger partial charge in [0.2, 0.25) is 0 Å². The molecule has 1 saturated heterocycles. The minimum atomic E-state index is 0.235. The van der Waals surface area contributed by atoms with Gasteiger partial charge in [-0.15, -0.1) is 0 Å². The second kappa shape index (κ2) is 5.19. The standard InChI is InChI=1S/C12H18ClN3O/c1-4-11-14-10(13)7-12(15-11)16(3)9-5-6-17-8(9)2/h7-9H,4-6H2,1-3H3.